The highest BCUT2D eigenvalue weighted by atomic mass is 32.1. The van der Waals surface area contributed by atoms with E-state index in [1.807, 2.05) is 0 Å². The molecule has 3 aliphatic rings. The Bertz CT molecular complexity index is 962. The third kappa shape index (κ3) is 2.28. The van der Waals surface area contributed by atoms with E-state index in [9.17, 15) is 9.90 Å². The molecular formula is C19H22NO4S2+. The van der Waals surface area contributed by atoms with Gasteiger partial charge in [0.15, 0.2) is 0 Å². The third-order valence-electron chi connectivity index (χ3n) is 5.42. The molecule has 5 heterocycles. The van der Waals surface area contributed by atoms with Crippen molar-refractivity contribution in [3.63, 3.8) is 0 Å². The van der Waals surface area contributed by atoms with E-state index in [1.54, 1.807) is 49.1 Å². The van der Waals surface area contributed by atoms with Crippen LogP contribution in [-0.4, -0.2) is 60.0 Å². The smallest absolute Gasteiger partial charge is 0.349 e. The fourth-order valence-corrected chi connectivity index (χ4v) is 5.61. The highest BCUT2D eigenvalue weighted by molar-refractivity contribution is 7.12. The van der Waals surface area contributed by atoms with E-state index < -0.39 is 54.7 Å². The number of ether oxygens (including phenoxy) is 2. The zero-order chi connectivity index (χ0) is 22.6. The van der Waals surface area contributed by atoms with Crippen molar-refractivity contribution in [2.75, 3.05) is 14.1 Å². The summed E-state index contributed by atoms with van der Waals surface area (Å²) >= 11 is 2.24. The lowest BCUT2D eigenvalue weighted by Crippen LogP contribution is -2.60. The molecule has 5 rings (SSSR count). The summed E-state index contributed by atoms with van der Waals surface area (Å²) in [5, 5.41) is 14.9. The van der Waals surface area contributed by atoms with E-state index in [0.717, 1.165) is 22.7 Å². The average molecular weight is 398 g/mol. The van der Waals surface area contributed by atoms with E-state index >= 15 is 0 Å². The summed E-state index contributed by atoms with van der Waals surface area (Å²) in [5.74, 6) is -1.26. The van der Waals surface area contributed by atoms with Crippen molar-refractivity contribution in [2.24, 2.45) is 0 Å². The maximum absolute atomic E-state index is 13.5. The number of hydrogen-bond acceptors (Lipinski definition) is 6. The van der Waals surface area contributed by atoms with E-state index in [4.69, 9.17) is 16.3 Å². The Kier molecular flexibility index (Phi) is 2.65. The summed E-state index contributed by atoms with van der Waals surface area (Å²) in [6.07, 6.45) is -9.10. The van der Waals surface area contributed by atoms with Gasteiger partial charge in [-0.15, -0.1) is 22.7 Å². The van der Waals surface area contributed by atoms with Gasteiger partial charge in [-0.05, 0) is 22.9 Å². The normalized spacial score (nSPS) is 43.9. The van der Waals surface area contributed by atoms with Gasteiger partial charge >= 0.3 is 5.97 Å². The molecule has 4 atom stereocenters. The topological polar surface area (TPSA) is 59.1 Å². The maximum atomic E-state index is 13.5. The van der Waals surface area contributed by atoms with E-state index in [2.05, 4.69) is 0 Å². The molecule has 0 radical (unpaired) electrons. The van der Waals surface area contributed by atoms with Gasteiger partial charge in [0.05, 0.1) is 25.2 Å². The number of piperidine rings is 1. The Labute approximate surface area is 167 Å². The molecule has 0 aromatic carbocycles. The molecule has 2 aromatic rings. The number of fused-ring (bicyclic) bond motifs is 5. The second kappa shape index (κ2) is 5.62. The standard InChI is InChI=1S/C19H22NO4S2/c1-20(2)12-9-11(10-13(20)17-16(12)24-17)23-18(21)19(22,14-5-3-7-25-14)15-6-4-8-26-15/h3-8,11-13,16-17,22H,9-10H2,1-2H3/q+1/i9D2,10D2,11D. The van der Waals surface area contributed by atoms with E-state index in [-0.39, 0.29) is 14.2 Å². The number of thiophene rings is 2. The fraction of sp³-hybridized carbons (Fsp3) is 0.526. The third-order valence-corrected chi connectivity index (χ3v) is 7.38. The second-order valence-electron chi connectivity index (χ2n) is 7.26. The van der Waals surface area contributed by atoms with Crippen LogP contribution in [0.2, 0.25) is 0 Å². The van der Waals surface area contributed by atoms with Gasteiger partial charge in [-0.1, -0.05) is 12.1 Å². The maximum Gasteiger partial charge on any atom is 0.349 e. The van der Waals surface area contributed by atoms with Crippen LogP contribution >= 0.6 is 22.7 Å². The number of likely N-dealkylation sites (N-methyl/N-ethyl adjacent to an activating group) is 1. The van der Waals surface area contributed by atoms with Crippen LogP contribution in [0, 0.1) is 0 Å². The van der Waals surface area contributed by atoms with Gasteiger partial charge < -0.3 is 19.1 Å². The molecule has 3 saturated heterocycles. The van der Waals surface area contributed by atoms with Gasteiger partial charge in [-0.3, -0.25) is 0 Å². The number of quaternary nitrogens is 1. The number of esters is 1. The van der Waals surface area contributed by atoms with Crippen LogP contribution in [0.3, 0.4) is 0 Å². The molecule has 1 N–H and O–H groups in total. The molecular weight excluding hydrogens is 370 g/mol. The van der Waals surface area contributed by atoms with Crippen molar-refractivity contribution in [1.82, 2.24) is 0 Å². The number of morpholine rings is 1. The Morgan fingerprint density at radius 3 is 2.27 bits per heavy atom. The minimum atomic E-state index is -2.88. The summed E-state index contributed by atoms with van der Waals surface area (Å²) in [6, 6.07) is 4.67. The van der Waals surface area contributed by atoms with Crippen LogP contribution in [0.4, 0.5) is 0 Å². The van der Waals surface area contributed by atoms with Gasteiger partial charge in [0.1, 0.15) is 30.4 Å². The van der Waals surface area contributed by atoms with Gasteiger partial charge in [0, 0.05) is 18.2 Å². The zero-order valence-electron chi connectivity index (χ0n) is 19.2. The number of rotatable bonds is 4. The monoisotopic (exact) mass is 397 g/mol. The first kappa shape index (κ1) is 12.3. The zero-order valence-corrected chi connectivity index (χ0v) is 15.8. The van der Waals surface area contributed by atoms with Crippen LogP contribution < -0.4 is 0 Å². The summed E-state index contributed by atoms with van der Waals surface area (Å²) in [6.45, 7) is 0. The minimum Gasteiger partial charge on any atom is -0.459 e. The lowest BCUT2D eigenvalue weighted by molar-refractivity contribution is -0.938. The molecule has 3 aliphatic heterocycles. The largest absolute Gasteiger partial charge is 0.459 e. The SMILES string of the molecule is [2H]C1([2H])C2C3OC3C(C([2H])([2H])C1([2H])OC(=O)C(O)(c1cccs1)c1cccs1)[N+]2(C)C. The van der Waals surface area contributed by atoms with Gasteiger partial charge in [0.2, 0.25) is 5.60 Å². The molecule has 5 nitrogen and oxygen atoms in total. The van der Waals surface area contributed by atoms with Crippen LogP contribution in [0.15, 0.2) is 35.0 Å². The van der Waals surface area contributed by atoms with Crippen LogP contribution in [0.5, 0.6) is 0 Å². The quantitative estimate of drug-likeness (QED) is 0.489. The number of epoxide rings is 1. The van der Waals surface area contributed by atoms with Crippen molar-refractivity contribution < 1.29 is 30.7 Å². The van der Waals surface area contributed by atoms with Crippen molar-refractivity contribution in [2.45, 2.75) is 48.7 Å². The first-order chi connectivity index (χ1) is 14.3. The number of aliphatic hydroxyl groups is 1. The molecule has 0 aliphatic carbocycles. The predicted molar refractivity (Wildman–Crippen MR) is 99.1 cm³/mol. The molecule has 2 aromatic heterocycles. The molecule has 26 heavy (non-hydrogen) atoms. The van der Waals surface area contributed by atoms with E-state index in [0.29, 0.717) is 0 Å². The number of carbonyl (C=O) groups excluding carboxylic acids is 1. The van der Waals surface area contributed by atoms with Gasteiger partial charge in [0.25, 0.3) is 0 Å². The summed E-state index contributed by atoms with van der Waals surface area (Å²) in [7, 11) is 3.44. The molecule has 7 heteroatoms. The lowest BCUT2D eigenvalue weighted by atomic mass is 9.95. The molecule has 2 bridgehead atoms. The molecule has 0 amide bonds. The van der Waals surface area contributed by atoms with Gasteiger partial charge in [-0.2, -0.15) is 0 Å². The van der Waals surface area contributed by atoms with Crippen LogP contribution in [-0.2, 0) is 19.9 Å². The number of hydrogen-bond donors (Lipinski definition) is 1. The molecule has 4 unspecified atom stereocenters. The first-order valence-corrected chi connectivity index (χ1v) is 10.1. The average Bonchev–Trinajstić information content (AvgIpc) is 3.14. The Balaban J connectivity index is 1.60. The number of carbonyl (C=O) groups is 1. The van der Waals surface area contributed by atoms with Crippen molar-refractivity contribution >= 4 is 28.6 Å². The Hall–Kier alpha value is -1.25. The molecule has 0 saturated carbocycles. The van der Waals surface area contributed by atoms with Crippen molar-refractivity contribution in [1.29, 1.82) is 0 Å². The van der Waals surface area contributed by atoms with E-state index in [1.165, 1.54) is 0 Å². The number of nitrogens with zero attached hydrogens (tertiary/aromatic N) is 1. The molecule has 3 fully saturated rings. The van der Waals surface area contributed by atoms with Crippen LogP contribution in [0.1, 0.15) is 29.4 Å². The summed E-state index contributed by atoms with van der Waals surface area (Å²) in [4.78, 5) is 14.0. The summed E-state index contributed by atoms with van der Waals surface area (Å²) < 4.78 is 55.0. The van der Waals surface area contributed by atoms with Crippen molar-refractivity contribution in [3.05, 3.63) is 44.8 Å². The predicted octanol–water partition coefficient (Wildman–Crippen LogP) is 2.35. The minimum absolute atomic E-state index is 0.00632. The lowest BCUT2D eigenvalue weighted by Gasteiger charge is -2.45. The first-order valence-electron chi connectivity index (χ1n) is 10.8. The highest BCUT2D eigenvalue weighted by Crippen LogP contribution is 2.52. The van der Waals surface area contributed by atoms with Crippen LogP contribution in [0.25, 0.3) is 0 Å². The molecule has 0 spiro atoms. The summed E-state index contributed by atoms with van der Waals surface area (Å²) in [5.41, 5.74) is -2.26. The Morgan fingerprint density at radius 1 is 1.27 bits per heavy atom. The highest BCUT2D eigenvalue weighted by Gasteiger charge is 2.71. The second-order valence-corrected chi connectivity index (χ2v) is 9.15. The Morgan fingerprint density at radius 2 is 1.81 bits per heavy atom. The van der Waals surface area contributed by atoms with Gasteiger partial charge in [-0.25, -0.2) is 4.79 Å². The molecule has 138 valence electrons. The fourth-order valence-electron chi connectivity index (χ4n) is 3.90. The van der Waals surface area contributed by atoms with Crippen molar-refractivity contribution in [3.8, 4) is 0 Å².